The summed E-state index contributed by atoms with van der Waals surface area (Å²) >= 11 is 7.41. The van der Waals surface area contributed by atoms with Crippen LogP contribution < -0.4 is 5.32 Å². The van der Waals surface area contributed by atoms with Crippen molar-refractivity contribution in [3.63, 3.8) is 0 Å². The highest BCUT2D eigenvalue weighted by molar-refractivity contribution is 7.90. The quantitative estimate of drug-likeness (QED) is 0.344. The van der Waals surface area contributed by atoms with Gasteiger partial charge in [0, 0.05) is 11.8 Å². The average molecular weight is 461 g/mol. The van der Waals surface area contributed by atoms with Crippen LogP contribution in [0.2, 0.25) is 5.02 Å². The second kappa shape index (κ2) is 8.78. The molecule has 10 heteroatoms. The molecule has 0 unspecified atom stereocenters. The number of aliphatic hydroxyl groups excluding tert-OH is 1. The van der Waals surface area contributed by atoms with Crippen LogP contribution in [0.25, 0.3) is 16.3 Å². The lowest BCUT2D eigenvalue weighted by Crippen LogP contribution is -2.04. The van der Waals surface area contributed by atoms with Crippen molar-refractivity contribution in [1.29, 1.82) is 5.41 Å². The fourth-order valence-electron chi connectivity index (χ4n) is 2.40. The molecule has 154 valence electrons. The summed E-state index contributed by atoms with van der Waals surface area (Å²) in [5.74, 6) is -0.404. The molecular weight excluding hydrogens is 444 g/mol. The summed E-state index contributed by atoms with van der Waals surface area (Å²) in [4.78, 5) is 0.181. The Morgan fingerprint density at radius 2 is 1.97 bits per heavy atom. The Morgan fingerprint density at radius 1 is 1.23 bits per heavy atom. The molecule has 0 fully saturated rings. The number of hydrogen-bond acceptors (Lipinski definition) is 8. The van der Waals surface area contributed by atoms with Gasteiger partial charge in [0.15, 0.2) is 14.8 Å². The van der Waals surface area contributed by atoms with E-state index in [0.29, 0.717) is 32.0 Å². The van der Waals surface area contributed by atoms with Gasteiger partial charge < -0.3 is 10.4 Å². The van der Waals surface area contributed by atoms with E-state index in [1.165, 1.54) is 29.5 Å². The monoisotopic (exact) mass is 460 g/mol. The number of anilines is 1. The summed E-state index contributed by atoms with van der Waals surface area (Å²) in [5.41, 5.74) is 1.35. The van der Waals surface area contributed by atoms with Crippen LogP contribution in [0, 0.1) is 5.41 Å². The molecule has 7 nitrogen and oxygen atoms in total. The van der Waals surface area contributed by atoms with Crippen LogP contribution in [0.15, 0.2) is 71.8 Å². The molecule has 0 aliphatic carbocycles. The van der Waals surface area contributed by atoms with E-state index in [9.17, 15) is 13.5 Å². The molecule has 30 heavy (non-hydrogen) atoms. The number of rotatable bonds is 7. The van der Waals surface area contributed by atoms with Gasteiger partial charge in [-0.2, -0.15) is 0 Å². The average Bonchev–Trinajstić information content (AvgIpc) is 3.18. The van der Waals surface area contributed by atoms with Gasteiger partial charge in [0.05, 0.1) is 27.0 Å². The van der Waals surface area contributed by atoms with Crippen LogP contribution in [0.3, 0.4) is 0 Å². The summed E-state index contributed by atoms with van der Waals surface area (Å²) in [6.07, 6.45) is 2.50. The highest BCUT2D eigenvalue weighted by atomic mass is 35.5. The molecule has 1 aromatic heterocycles. The van der Waals surface area contributed by atoms with Crippen molar-refractivity contribution in [1.82, 2.24) is 10.2 Å². The Hall–Kier alpha value is -3.01. The number of allylic oxidation sites excluding steroid dienone is 1. The number of hydrogen-bond donors (Lipinski definition) is 3. The van der Waals surface area contributed by atoms with Gasteiger partial charge in [-0.3, -0.25) is 5.41 Å². The first-order chi connectivity index (χ1) is 14.1. The van der Waals surface area contributed by atoms with Crippen LogP contribution in [0.1, 0.15) is 5.01 Å². The van der Waals surface area contributed by atoms with E-state index in [2.05, 4.69) is 22.1 Å². The molecular formula is C20H17ClN4O3S2. The lowest BCUT2D eigenvalue weighted by Gasteiger charge is -2.10. The first-order valence-corrected chi connectivity index (χ1v) is 11.6. The molecule has 3 aromatic rings. The Balaban J connectivity index is 2.02. The normalized spacial score (nSPS) is 11.9. The number of nitrogens with zero attached hydrogens (tertiary/aromatic N) is 2. The van der Waals surface area contributed by atoms with Gasteiger partial charge in [-0.05, 0) is 30.3 Å². The molecule has 0 amide bonds. The molecule has 0 radical (unpaired) electrons. The predicted octanol–water partition coefficient (Wildman–Crippen LogP) is 4.81. The van der Waals surface area contributed by atoms with E-state index >= 15 is 0 Å². The van der Waals surface area contributed by atoms with E-state index < -0.39 is 15.6 Å². The van der Waals surface area contributed by atoms with Gasteiger partial charge in [0.2, 0.25) is 0 Å². The molecule has 3 N–H and O–H groups in total. The third kappa shape index (κ3) is 5.12. The molecule has 0 saturated carbocycles. The minimum Gasteiger partial charge on any atom is -0.506 e. The Labute approximate surface area is 182 Å². The van der Waals surface area contributed by atoms with E-state index in [1.54, 1.807) is 36.4 Å². The fraction of sp³-hybridized carbons (Fsp3) is 0.0500. The number of sulfone groups is 1. The zero-order valence-corrected chi connectivity index (χ0v) is 18.1. The minimum absolute atomic E-state index is 0.181. The molecule has 0 aliphatic heterocycles. The zero-order chi connectivity index (χ0) is 21.9. The van der Waals surface area contributed by atoms with Crippen LogP contribution in [0.5, 0.6) is 0 Å². The predicted molar refractivity (Wildman–Crippen MR) is 121 cm³/mol. The maximum absolute atomic E-state index is 11.8. The molecule has 0 saturated heterocycles. The van der Waals surface area contributed by atoms with Gasteiger partial charge in [0.1, 0.15) is 10.8 Å². The maximum atomic E-state index is 11.8. The molecule has 0 spiro atoms. The van der Waals surface area contributed by atoms with Crippen molar-refractivity contribution in [3.8, 4) is 10.6 Å². The number of benzene rings is 2. The highest BCUT2D eigenvalue weighted by Crippen LogP contribution is 2.31. The molecule has 3 rings (SSSR count). The van der Waals surface area contributed by atoms with Crippen LogP contribution in [0.4, 0.5) is 5.69 Å². The number of aliphatic hydroxyl groups is 1. The van der Waals surface area contributed by atoms with Crippen molar-refractivity contribution in [3.05, 3.63) is 77.0 Å². The minimum atomic E-state index is -3.36. The fourth-order valence-corrected chi connectivity index (χ4v) is 4.06. The second-order valence-electron chi connectivity index (χ2n) is 6.24. The van der Waals surface area contributed by atoms with Crippen molar-refractivity contribution in [2.45, 2.75) is 4.90 Å². The topological polar surface area (TPSA) is 116 Å². The van der Waals surface area contributed by atoms with E-state index in [1.807, 2.05) is 0 Å². The summed E-state index contributed by atoms with van der Waals surface area (Å²) in [5, 5.41) is 30.2. The van der Waals surface area contributed by atoms with Crippen molar-refractivity contribution in [2.24, 2.45) is 0 Å². The highest BCUT2D eigenvalue weighted by Gasteiger charge is 2.15. The lowest BCUT2D eigenvalue weighted by atomic mass is 10.2. The number of aromatic nitrogens is 2. The summed E-state index contributed by atoms with van der Waals surface area (Å²) in [6.45, 7) is 3.35. The summed E-state index contributed by atoms with van der Waals surface area (Å²) in [6, 6.07) is 13.5. The van der Waals surface area contributed by atoms with Crippen LogP contribution >= 0.6 is 22.9 Å². The summed E-state index contributed by atoms with van der Waals surface area (Å²) < 4.78 is 23.7. The third-order valence-electron chi connectivity index (χ3n) is 3.91. The van der Waals surface area contributed by atoms with E-state index in [0.717, 1.165) is 6.26 Å². The van der Waals surface area contributed by atoms with Crippen molar-refractivity contribution in [2.75, 3.05) is 11.6 Å². The van der Waals surface area contributed by atoms with Crippen molar-refractivity contribution < 1.29 is 13.5 Å². The Bertz CT molecular complexity index is 1270. The molecule has 0 bridgehead atoms. The summed E-state index contributed by atoms with van der Waals surface area (Å²) in [7, 11) is -3.36. The number of halogens is 1. The molecule has 0 atom stereocenters. The second-order valence-corrected chi connectivity index (χ2v) is 9.64. The lowest BCUT2D eigenvalue weighted by molar-refractivity contribution is 0.446. The van der Waals surface area contributed by atoms with Crippen LogP contribution in [-0.4, -0.2) is 35.7 Å². The molecule has 2 aromatic carbocycles. The Kier molecular flexibility index (Phi) is 6.35. The van der Waals surface area contributed by atoms with Crippen LogP contribution in [-0.2, 0) is 9.84 Å². The smallest absolute Gasteiger partial charge is 0.175 e. The Morgan fingerprint density at radius 3 is 2.63 bits per heavy atom. The molecule has 1 heterocycles. The van der Waals surface area contributed by atoms with E-state index in [-0.39, 0.29) is 10.6 Å². The van der Waals surface area contributed by atoms with Gasteiger partial charge in [-0.15, -0.1) is 10.2 Å². The largest absolute Gasteiger partial charge is 0.506 e. The first kappa shape index (κ1) is 21.7. The maximum Gasteiger partial charge on any atom is 0.175 e. The standard InChI is InChI=1S/C20H17ClN4O3S2/c1-12(26)16(22)11-18(23-17-9-4-3-8-15(17)21)20-25-24-19(29-20)13-6-5-7-14(10-13)30(2,27)28/h3-11,22-23,26H,1H2,2H3/b18-11-,22-16?. The molecule has 0 aliphatic rings. The van der Waals surface area contributed by atoms with Crippen molar-refractivity contribution >= 4 is 49.9 Å². The zero-order valence-electron chi connectivity index (χ0n) is 15.8. The third-order valence-corrected chi connectivity index (χ3v) is 6.35. The SMILES string of the molecule is C=C(O)C(=N)/C=C(\Nc1ccccc1Cl)c1nnc(-c2cccc(S(C)(=O)=O)c2)s1. The number of nitrogens with one attached hydrogen (secondary N) is 2. The van der Waals surface area contributed by atoms with Gasteiger partial charge in [0.25, 0.3) is 0 Å². The number of para-hydroxylation sites is 1. The van der Waals surface area contributed by atoms with Gasteiger partial charge in [-0.1, -0.05) is 53.8 Å². The van der Waals surface area contributed by atoms with Gasteiger partial charge in [-0.25, -0.2) is 8.42 Å². The van der Waals surface area contributed by atoms with E-state index in [4.69, 9.17) is 17.0 Å². The van der Waals surface area contributed by atoms with Gasteiger partial charge >= 0.3 is 0 Å². The first-order valence-electron chi connectivity index (χ1n) is 8.49.